The fourth-order valence-electron chi connectivity index (χ4n) is 3.42. The Kier molecular flexibility index (Phi) is 6.58. The van der Waals surface area contributed by atoms with Gasteiger partial charge in [0.25, 0.3) is 5.91 Å². The molecule has 0 spiro atoms. The number of benzene rings is 1. The van der Waals surface area contributed by atoms with Crippen molar-refractivity contribution in [2.45, 2.75) is 26.3 Å². The maximum absolute atomic E-state index is 12.6. The van der Waals surface area contributed by atoms with Crippen LogP contribution in [0.5, 0.6) is 0 Å². The summed E-state index contributed by atoms with van der Waals surface area (Å²) in [4.78, 5) is 28.7. The van der Waals surface area contributed by atoms with Crippen LogP contribution in [0, 0.1) is 0 Å². The van der Waals surface area contributed by atoms with E-state index in [4.69, 9.17) is 0 Å². The lowest BCUT2D eigenvalue weighted by Crippen LogP contribution is -2.51. The van der Waals surface area contributed by atoms with Crippen LogP contribution in [0.25, 0.3) is 0 Å². The van der Waals surface area contributed by atoms with E-state index < -0.39 is 0 Å². The van der Waals surface area contributed by atoms with Crippen molar-refractivity contribution in [3.63, 3.8) is 0 Å². The van der Waals surface area contributed by atoms with Gasteiger partial charge in [-0.2, -0.15) is 5.10 Å². The molecule has 1 aromatic carbocycles. The zero-order valence-electron chi connectivity index (χ0n) is 16.2. The van der Waals surface area contributed by atoms with Crippen LogP contribution in [0.1, 0.15) is 25.8 Å². The molecular formula is C20H29N5O2. The number of hydrazone groups is 1. The molecule has 0 saturated carbocycles. The van der Waals surface area contributed by atoms with Crippen molar-refractivity contribution in [2.24, 2.45) is 5.10 Å². The van der Waals surface area contributed by atoms with Crippen LogP contribution in [-0.4, -0.2) is 84.2 Å². The van der Waals surface area contributed by atoms with Gasteiger partial charge < -0.3 is 5.32 Å². The normalized spacial score (nSPS) is 18.6. The standard InChI is InChI=1S/C20H29N5O2/c1-16(2)21-19(26)14-23-10-12-24(13-11-23)15-20(27)25-9-8-18(22-25)17-6-4-3-5-7-17/h3-7,16H,8-15H2,1-2H3,(H,21,26). The van der Waals surface area contributed by atoms with Gasteiger partial charge >= 0.3 is 0 Å². The largest absolute Gasteiger partial charge is 0.353 e. The van der Waals surface area contributed by atoms with Gasteiger partial charge in [0.05, 0.1) is 25.3 Å². The SMILES string of the molecule is CC(C)NC(=O)CN1CCN(CC(=O)N2CCC(c3ccccc3)=N2)CC1. The molecule has 0 aliphatic carbocycles. The molecule has 1 aromatic rings. The van der Waals surface area contributed by atoms with Gasteiger partial charge in [-0.3, -0.25) is 19.4 Å². The summed E-state index contributed by atoms with van der Waals surface area (Å²) < 4.78 is 0. The molecule has 2 aliphatic heterocycles. The molecule has 0 aromatic heterocycles. The van der Waals surface area contributed by atoms with Gasteiger partial charge in [0.15, 0.2) is 0 Å². The Bertz CT molecular complexity index is 681. The van der Waals surface area contributed by atoms with Crippen molar-refractivity contribution < 1.29 is 9.59 Å². The van der Waals surface area contributed by atoms with Crippen molar-refractivity contribution in [1.29, 1.82) is 0 Å². The molecule has 7 nitrogen and oxygen atoms in total. The number of rotatable bonds is 6. The van der Waals surface area contributed by atoms with E-state index in [2.05, 4.69) is 20.2 Å². The van der Waals surface area contributed by atoms with Gasteiger partial charge in [-0.15, -0.1) is 0 Å². The molecule has 1 saturated heterocycles. The van der Waals surface area contributed by atoms with Gasteiger partial charge in [-0.05, 0) is 19.4 Å². The van der Waals surface area contributed by atoms with Gasteiger partial charge in [0, 0.05) is 38.6 Å². The maximum Gasteiger partial charge on any atom is 0.256 e. The van der Waals surface area contributed by atoms with Gasteiger partial charge in [0.1, 0.15) is 0 Å². The van der Waals surface area contributed by atoms with E-state index in [-0.39, 0.29) is 17.9 Å². The molecule has 2 amide bonds. The first-order valence-electron chi connectivity index (χ1n) is 9.68. The first-order chi connectivity index (χ1) is 13.0. The van der Waals surface area contributed by atoms with E-state index in [9.17, 15) is 9.59 Å². The fraction of sp³-hybridized carbons (Fsp3) is 0.550. The Hall–Kier alpha value is -2.25. The zero-order chi connectivity index (χ0) is 19.2. The van der Waals surface area contributed by atoms with E-state index in [0.717, 1.165) is 43.9 Å². The number of carbonyl (C=O) groups excluding carboxylic acids is 2. The fourth-order valence-corrected chi connectivity index (χ4v) is 3.42. The Labute approximate surface area is 161 Å². The van der Waals surface area contributed by atoms with Crippen molar-refractivity contribution in [1.82, 2.24) is 20.1 Å². The quantitative estimate of drug-likeness (QED) is 0.802. The molecule has 0 unspecified atom stereocenters. The Balaban J connectivity index is 1.43. The van der Waals surface area contributed by atoms with Crippen LogP contribution in [0.2, 0.25) is 0 Å². The molecule has 27 heavy (non-hydrogen) atoms. The molecule has 3 rings (SSSR count). The van der Waals surface area contributed by atoms with Crippen molar-refractivity contribution in [3.05, 3.63) is 35.9 Å². The Morgan fingerprint density at radius 2 is 1.63 bits per heavy atom. The second kappa shape index (κ2) is 9.10. The average Bonchev–Trinajstić information content (AvgIpc) is 3.14. The molecule has 146 valence electrons. The van der Waals surface area contributed by atoms with E-state index in [1.807, 2.05) is 44.2 Å². The number of nitrogens with zero attached hydrogens (tertiary/aromatic N) is 4. The highest BCUT2D eigenvalue weighted by Gasteiger charge is 2.25. The lowest BCUT2D eigenvalue weighted by Gasteiger charge is -2.34. The first kappa shape index (κ1) is 19.5. The second-order valence-corrected chi connectivity index (χ2v) is 7.45. The van der Waals surface area contributed by atoms with Gasteiger partial charge in [0.2, 0.25) is 5.91 Å². The summed E-state index contributed by atoms with van der Waals surface area (Å²) in [5.74, 6) is 0.112. The van der Waals surface area contributed by atoms with E-state index in [0.29, 0.717) is 19.6 Å². The molecule has 7 heteroatoms. The first-order valence-corrected chi connectivity index (χ1v) is 9.68. The molecule has 1 fully saturated rings. The minimum absolute atomic E-state index is 0.0481. The Morgan fingerprint density at radius 1 is 1.00 bits per heavy atom. The molecule has 1 N–H and O–H groups in total. The lowest BCUT2D eigenvalue weighted by molar-refractivity contribution is -0.132. The number of amides is 2. The highest BCUT2D eigenvalue weighted by atomic mass is 16.2. The minimum atomic E-state index is 0.0481. The summed E-state index contributed by atoms with van der Waals surface area (Å²) in [5, 5.41) is 9.04. The number of hydrogen-bond acceptors (Lipinski definition) is 5. The maximum atomic E-state index is 12.6. The van der Waals surface area contributed by atoms with Crippen molar-refractivity contribution in [3.8, 4) is 0 Å². The summed E-state index contributed by atoms with van der Waals surface area (Å²) >= 11 is 0. The van der Waals surface area contributed by atoms with Crippen LogP contribution in [0.15, 0.2) is 35.4 Å². The third kappa shape index (κ3) is 5.61. The number of piperazine rings is 1. The van der Waals surface area contributed by atoms with Crippen LogP contribution in [0.4, 0.5) is 0 Å². The van der Waals surface area contributed by atoms with Crippen molar-refractivity contribution >= 4 is 17.5 Å². The van der Waals surface area contributed by atoms with Crippen LogP contribution in [0.3, 0.4) is 0 Å². The molecule has 0 atom stereocenters. The monoisotopic (exact) mass is 371 g/mol. The van der Waals surface area contributed by atoms with Crippen molar-refractivity contribution in [2.75, 3.05) is 45.8 Å². The minimum Gasteiger partial charge on any atom is -0.353 e. The third-order valence-corrected chi connectivity index (χ3v) is 4.84. The zero-order valence-corrected chi connectivity index (χ0v) is 16.2. The predicted octanol–water partition coefficient (Wildman–Crippen LogP) is 0.765. The molecular weight excluding hydrogens is 342 g/mol. The summed E-state index contributed by atoms with van der Waals surface area (Å²) in [6.07, 6.45) is 0.800. The van der Waals surface area contributed by atoms with Crippen LogP contribution in [-0.2, 0) is 9.59 Å². The number of hydrogen-bond donors (Lipinski definition) is 1. The average molecular weight is 371 g/mol. The molecule has 2 heterocycles. The Morgan fingerprint density at radius 3 is 2.26 bits per heavy atom. The van der Waals surface area contributed by atoms with Gasteiger partial charge in [-0.25, -0.2) is 5.01 Å². The predicted molar refractivity (Wildman–Crippen MR) is 105 cm³/mol. The third-order valence-electron chi connectivity index (χ3n) is 4.84. The van der Waals surface area contributed by atoms with E-state index >= 15 is 0 Å². The molecule has 0 radical (unpaired) electrons. The number of carbonyl (C=O) groups is 2. The van der Waals surface area contributed by atoms with E-state index in [1.165, 1.54) is 0 Å². The summed E-state index contributed by atoms with van der Waals surface area (Å²) in [7, 11) is 0. The van der Waals surface area contributed by atoms with Crippen LogP contribution < -0.4 is 5.32 Å². The summed E-state index contributed by atoms with van der Waals surface area (Å²) in [5.41, 5.74) is 2.06. The highest BCUT2D eigenvalue weighted by Crippen LogP contribution is 2.14. The molecule has 0 bridgehead atoms. The number of nitrogens with one attached hydrogen (secondary N) is 1. The lowest BCUT2D eigenvalue weighted by atomic mass is 10.1. The smallest absolute Gasteiger partial charge is 0.256 e. The van der Waals surface area contributed by atoms with E-state index in [1.54, 1.807) is 5.01 Å². The summed E-state index contributed by atoms with van der Waals surface area (Å²) in [6.45, 7) is 8.59. The van der Waals surface area contributed by atoms with Gasteiger partial charge in [-0.1, -0.05) is 30.3 Å². The summed E-state index contributed by atoms with van der Waals surface area (Å²) in [6, 6.07) is 10.2. The molecule has 2 aliphatic rings. The second-order valence-electron chi connectivity index (χ2n) is 7.45. The van der Waals surface area contributed by atoms with Crippen LogP contribution >= 0.6 is 0 Å². The topological polar surface area (TPSA) is 68.2 Å². The highest BCUT2D eigenvalue weighted by molar-refractivity contribution is 6.02.